The molecule has 3 heterocycles. The van der Waals surface area contributed by atoms with Crippen LogP contribution in [0.4, 0.5) is 11.4 Å². The summed E-state index contributed by atoms with van der Waals surface area (Å²) in [5.41, 5.74) is 8.71. The lowest BCUT2D eigenvalue weighted by Gasteiger charge is -2.18. The van der Waals surface area contributed by atoms with Crippen LogP contribution in [0.2, 0.25) is 0 Å². The number of aromatic amines is 1. The molecule has 0 aliphatic heterocycles. The Hall–Kier alpha value is -4.33. The van der Waals surface area contributed by atoms with E-state index in [0.29, 0.717) is 0 Å². The van der Waals surface area contributed by atoms with E-state index in [1.165, 1.54) is 4.90 Å². The number of hydrogen-bond acceptors (Lipinski definition) is 6. The van der Waals surface area contributed by atoms with E-state index in [9.17, 15) is 0 Å². The third kappa shape index (κ3) is 5.92. The maximum atomic E-state index is 4.91. The second-order valence-electron chi connectivity index (χ2n) is 10.4. The maximum absolute atomic E-state index is 4.91. The molecule has 0 fully saturated rings. The van der Waals surface area contributed by atoms with Crippen LogP contribution in [0.25, 0.3) is 44.2 Å². The summed E-state index contributed by atoms with van der Waals surface area (Å²) in [6.07, 6.45) is 6.81. The van der Waals surface area contributed by atoms with Crippen molar-refractivity contribution in [3.05, 3.63) is 104 Å². The molecule has 0 aliphatic rings. The van der Waals surface area contributed by atoms with Crippen molar-refractivity contribution in [3.8, 4) is 22.3 Å². The van der Waals surface area contributed by atoms with Crippen LogP contribution in [0.3, 0.4) is 0 Å². The number of hydrogen-bond donors (Lipinski definition) is 2. The Morgan fingerprint density at radius 1 is 0.854 bits per heavy atom. The van der Waals surface area contributed by atoms with Crippen LogP contribution in [0.15, 0.2) is 108 Å². The molecular weight excluding hydrogens is 524 g/mol. The van der Waals surface area contributed by atoms with E-state index >= 15 is 0 Å². The summed E-state index contributed by atoms with van der Waals surface area (Å²) in [6.45, 7) is 2.01. The summed E-state index contributed by atoms with van der Waals surface area (Å²) in [5, 5.41) is 5.82. The summed E-state index contributed by atoms with van der Waals surface area (Å²) in [7, 11) is 6.32. The van der Waals surface area contributed by atoms with Crippen LogP contribution in [0.1, 0.15) is 6.42 Å². The lowest BCUT2D eigenvalue weighted by Crippen LogP contribution is -2.16. The summed E-state index contributed by atoms with van der Waals surface area (Å²) in [5.74, 6) is 0. The number of rotatable bonds is 10. The minimum Gasteiger partial charge on any atom is -0.385 e. The fourth-order valence-corrected chi connectivity index (χ4v) is 5.98. The highest BCUT2D eigenvalue weighted by molar-refractivity contribution is 8.00. The lowest BCUT2D eigenvalue weighted by molar-refractivity contribution is 0.405. The van der Waals surface area contributed by atoms with E-state index in [-0.39, 0.29) is 0 Å². The van der Waals surface area contributed by atoms with E-state index < -0.39 is 0 Å². The van der Waals surface area contributed by atoms with Crippen LogP contribution in [0, 0.1) is 0 Å². The van der Waals surface area contributed by atoms with Crippen LogP contribution in [-0.2, 0) is 0 Å². The third-order valence-electron chi connectivity index (χ3n) is 7.23. The van der Waals surface area contributed by atoms with Gasteiger partial charge in [0.2, 0.25) is 0 Å². The molecule has 0 atom stereocenters. The van der Waals surface area contributed by atoms with Gasteiger partial charge in [0.15, 0.2) is 0 Å². The molecule has 3 aromatic carbocycles. The van der Waals surface area contributed by atoms with Gasteiger partial charge in [0.1, 0.15) is 5.65 Å². The molecular formula is C34H34N6S. The van der Waals surface area contributed by atoms with Crippen molar-refractivity contribution < 1.29 is 0 Å². The number of benzene rings is 3. The predicted octanol–water partition coefficient (Wildman–Crippen LogP) is 7.95. The Bertz CT molecular complexity index is 1750. The fourth-order valence-electron chi connectivity index (χ4n) is 5.16. The molecule has 7 heteroatoms. The molecule has 6 rings (SSSR count). The first-order chi connectivity index (χ1) is 20.1. The van der Waals surface area contributed by atoms with E-state index in [2.05, 4.69) is 124 Å². The van der Waals surface area contributed by atoms with Gasteiger partial charge in [-0.2, -0.15) is 0 Å². The Labute approximate surface area is 245 Å². The SMILES string of the molecule is CN(C)CCCNc1ccc(-c2cnc3[nH]c4ccc(N(C)Sc5ccccc5)cc4c3c2-c2ccncc2)cc1. The molecule has 0 spiro atoms. The molecule has 0 amide bonds. The van der Waals surface area contributed by atoms with Crippen molar-refractivity contribution in [2.75, 3.05) is 43.9 Å². The molecule has 41 heavy (non-hydrogen) atoms. The summed E-state index contributed by atoms with van der Waals surface area (Å²) in [6, 6.07) is 29.9. The van der Waals surface area contributed by atoms with Gasteiger partial charge < -0.3 is 19.5 Å². The second kappa shape index (κ2) is 12.0. The topological polar surface area (TPSA) is 60.1 Å². The van der Waals surface area contributed by atoms with Crippen molar-refractivity contribution in [1.82, 2.24) is 19.9 Å². The van der Waals surface area contributed by atoms with Gasteiger partial charge in [0.05, 0.1) is 0 Å². The highest BCUT2D eigenvalue weighted by Gasteiger charge is 2.18. The Kier molecular flexibility index (Phi) is 7.89. The smallest absolute Gasteiger partial charge is 0.138 e. The average molecular weight is 559 g/mol. The van der Waals surface area contributed by atoms with Crippen LogP contribution in [0.5, 0.6) is 0 Å². The first kappa shape index (κ1) is 26.9. The normalized spacial score (nSPS) is 11.4. The summed E-state index contributed by atoms with van der Waals surface area (Å²) < 4.78 is 2.21. The van der Waals surface area contributed by atoms with Crippen LogP contribution in [-0.4, -0.2) is 54.1 Å². The van der Waals surface area contributed by atoms with Gasteiger partial charge in [-0.25, -0.2) is 4.98 Å². The number of nitrogens with one attached hydrogen (secondary N) is 2. The number of H-pyrrole nitrogens is 1. The van der Waals surface area contributed by atoms with E-state index in [4.69, 9.17) is 4.98 Å². The minimum atomic E-state index is 0.880. The van der Waals surface area contributed by atoms with Crippen molar-refractivity contribution in [3.63, 3.8) is 0 Å². The monoisotopic (exact) mass is 558 g/mol. The third-order valence-corrected chi connectivity index (χ3v) is 8.20. The number of nitrogens with zero attached hydrogens (tertiary/aromatic N) is 4. The summed E-state index contributed by atoms with van der Waals surface area (Å²) >= 11 is 1.71. The molecule has 0 saturated carbocycles. The lowest BCUT2D eigenvalue weighted by atomic mass is 9.93. The predicted molar refractivity (Wildman–Crippen MR) is 175 cm³/mol. The molecule has 6 nitrogen and oxygen atoms in total. The van der Waals surface area contributed by atoms with Gasteiger partial charge in [-0.1, -0.05) is 30.3 Å². The highest BCUT2D eigenvalue weighted by atomic mass is 32.2. The van der Waals surface area contributed by atoms with Crippen LogP contribution < -0.4 is 9.62 Å². The standard InChI is InChI=1S/C34H34N6S/c1-39(2)21-7-18-36-26-12-10-24(11-13-26)30-23-37-34-33(32(30)25-16-19-35-20-17-25)29-22-27(14-15-31(29)38-34)40(3)41-28-8-5-4-6-9-28/h4-6,8-17,19-20,22-23,36H,7,18,21H2,1-3H3,(H,37,38). The van der Waals surface area contributed by atoms with Crippen molar-refractivity contribution in [1.29, 1.82) is 0 Å². The zero-order valence-corrected chi connectivity index (χ0v) is 24.4. The molecule has 6 aromatic rings. The largest absolute Gasteiger partial charge is 0.385 e. The average Bonchev–Trinajstić information content (AvgIpc) is 3.38. The molecule has 0 saturated heterocycles. The zero-order chi connectivity index (χ0) is 28.2. The fraction of sp³-hybridized carbons (Fsp3) is 0.176. The zero-order valence-electron chi connectivity index (χ0n) is 23.6. The highest BCUT2D eigenvalue weighted by Crippen LogP contribution is 2.42. The minimum absolute atomic E-state index is 0.880. The molecule has 2 N–H and O–H groups in total. The van der Waals surface area contributed by atoms with E-state index in [0.717, 1.165) is 75.1 Å². The van der Waals surface area contributed by atoms with Crippen molar-refractivity contribution >= 4 is 45.3 Å². The van der Waals surface area contributed by atoms with Gasteiger partial charge in [-0.15, -0.1) is 0 Å². The number of pyridine rings is 2. The molecule has 3 aromatic heterocycles. The molecule has 0 unspecified atom stereocenters. The second-order valence-corrected chi connectivity index (χ2v) is 11.6. The van der Waals surface area contributed by atoms with Gasteiger partial charge in [0, 0.05) is 75.9 Å². The van der Waals surface area contributed by atoms with Crippen molar-refractivity contribution in [2.24, 2.45) is 0 Å². The summed E-state index contributed by atoms with van der Waals surface area (Å²) in [4.78, 5) is 16.2. The molecule has 0 bridgehead atoms. The van der Waals surface area contributed by atoms with Crippen molar-refractivity contribution in [2.45, 2.75) is 11.3 Å². The number of fused-ring (bicyclic) bond motifs is 3. The Balaban J connectivity index is 1.41. The Morgan fingerprint density at radius 3 is 2.39 bits per heavy atom. The Morgan fingerprint density at radius 2 is 1.63 bits per heavy atom. The first-order valence-corrected chi connectivity index (χ1v) is 14.6. The molecule has 206 valence electrons. The molecule has 0 radical (unpaired) electrons. The van der Waals surface area contributed by atoms with E-state index in [1.54, 1.807) is 11.9 Å². The first-order valence-electron chi connectivity index (χ1n) is 13.9. The van der Waals surface area contributed by atoms with Gasteiger partial charge in [0.25, 0.3) is 0 Å². The van der Waals surface area contributed by atoms with Crippen LogP contribution >= 0.6 is 11.9 Å². The van der Waals surface area contributed by atoms with E-state index in [1.807, 2.05) is 24.7 Å². The molecule has 0 aliphatic carbocycles. The number of anilines is 2. The maximum Gasteiger partial charge on any atom is 0.138 e. The van der Waals surface area contributed by atoms with Gasteiger partial charge >= 0.3 is 0 Å². The van der Waals surface area contributed by atoms with Gasteiger partial charge in [-0.3, -0.25) is 4.98 Å². The quantitative estimate of drug-likeness (QED) is 0.131. The van der Waals surface area contributed by atoms with Gasteiger partial charge in [-0.05, 0) is 105 Å². The number of aromatic nitrogens is 3.